The van der Waals surface area contributed by atoms with Crippen molar-refractivity contribution in [2.75, 3.05) is 13.1 Å². The van der Waals surface area contributed by atoms with Crippen LogP contribution in [0.15, 0.2) is 23.1 Å². The summed E-state index contributed by atoms with van der Waals surface area (Å²) in [6.45, 7) is 0.583. The van der Waals surface area contributed by atoms with Crippen LogP contribution >= 0.6 is 24.0 Å². The molecular weight excluding hydrogens is 314 g/mol. The van der Waals surface area contributed by atoms with Crippen LogP contribution in [0.2, 0.25) is 5.02 Å². The summed E-state index contributed by atoms with van der Waals surface area (Å²) in [5.41, 5.74) is 5.54. The van der Waals surface area contributed by atoms with Crippen molar-refractivity contribution in [3.8, 4) is 0 Å². The minimum Gasteiger partial charge on any atom is -0.329 e. The zero-order valence-corrected chi connectivity index (χ0v) is 12.4. The fraction of sp³-hybridized carbons (Fsp3) is 0.455. The van der Waals surface area contributed by atoms with Gasteiger partial charge in [0, 0.05) is 19.1 Å². The zero-order valence-electron chi connectivity index (χ0n) is 10.1. The molecule has 4 nitrogen and oxygen atoms in total. The van der Waals surface area contributed by atoms with Crippen molar-refractivity contribution in [2.24, 2.45) is 5.73 Å². The van der Waals surface area contributed by atoms with Crippen LogP contribution in [0.3, 0.4) is 0 Å². The third-order valence-corrected chi connectivity index (χ3v) is 5.54. The molecule has 0 radical (unpaired) electrons. The van der Waals surface area contributed by atoms with Crippen LogP contribution < -0.4 is 5.73 Å². The van der Waals surface area contributed by atoms with E-state index in [0.717, 1.165) is 12.5 Å². The second-order valence-corrected chi connectivity index (χ2v) is 6.43. The molecule has 2 rings (SSSR count). The maximum Gasteiger partial charge on any atom is 0.247 e. The van der Waals surface area contributed by atoms with Crippen LogP contribution in [0, 0.1) is 5.82 Å². The molecule has 1 saturated heterocycles. The third-order valence-electron chi connectivity index (χ3n) is 3.08. The Labute approximate surface area is 123 Å². The number of nitrogens with two attached hydrogens (primary N) is 1. The van der Waals surface area contributed by atoms with Gasteiger partial charge in [-0.25, -0.2) is 12.8 Å². The van der Waals surface area contributed by atoms with Crippen LogP contribution in [0.1, 0.15) is 12.8 Å². The van der Waals surface area contributed by atoms with Gasteiger partial charge in [0.15, 0.2) is 0 Å². The maximum atomic E-state index is 13.7. The highest BCUT2D eigenvalue weighted by molar-refractivity contribution is 7.89. The molecule has 8 heteroatoms. The van der Waals surface area contributed by atoms with Crippen LogP contribution in [-0.4, -0.2) is 31.9 Å². The monoisotopic (exact) mass is 328 g/mol. The van der Waals surface area contributed by atoms with Crippen molar-refractivity contribution in [1.82, 2.24) is 4.31 Å². The van der Waals surface area contributed by atoms with E-state index in [9.17, 15) is 12.8 Å². The lowest BCUT2D eigenvalue weighted by atomic mass is 10.2. The van der Waals surface area contributed by atoms with Gasteiger partial charge in [0.05, 0.1) is 5.02 Å². The number of hydrogen-bond donors (Lipinski definition) is 1. The van der Waals surface area contributed by atoms with Gasteiger partial charge in [-0.05, 0) is 25.0 Å². The predicted octanol–water partition coefficient (Wildman–Crippen LogP) is 2.01. The first-order valence-electron chi connectivity index (χ1n) is 5.64. The van der Waals surface area contributed by atoms with E-state index in [1.807, 2.05) is 0 Å². The molecule has 108 valence electrons. The van der Waals surface area contributed by atoms with Crippen molar-refractivity contribution >= 4 is 34.0 Å². The number of sulfonamides is 1. The van der Waals surface area contributed by atoms with Gasteiger partial charge >= 0.3 is 0 Å². The van der Waals surface area contributed by atoms with Crippen LogP contribution in [0.4, 0.5) is 4.39 Å². The molecule has 0 saturated carbocycles. The van der Waals surface area contributed by atoms with Gasteiger partial charge in [0.1, 0.15) is 10.7 Å². The molecule has 2 N–H and O–H groups in total. The third kappa shape index (κ3) is 3.03. The Morgan fingerprint density at radius 2 is 2.16 bits per heavy atom. The number of hydrogen-bond acceptors (Lipinski definition) is 3. The summed E-state index contributed by atoms with van der Waals surface area (Å²) in [7, 11) is -3.91. The van der Waals surface area contributed by atoms with Gasteiger partial charge in [0.25, 0.3) is 0 Å². The number of halogens is 3. The lowest BCUT2D eigenvalue weighted by Gasteiger charge is -2.23. The molecule has 1 heterocycles. The van der Waals surface area contributed by atoms with E-state index in [1.165, 1.54) is 16.4 Å². The smallest absolute Gasteiger partial charge is 0.247 e. The van der Waals surface area contributed by atoms with Gasteiger partial charge in [-0.1, -0.05) is 17.7 Å². The fourth-order valence-corrected chi connectivity index (χ4v) is 4.48. The topological polar surface area (TPSA) is 63.4 Å². The largest absolute Gasteiger partial charge is 0.329 e. The van der Waals surface area contributed by atoms with E-state index >= 15 is 0 Å². The van der Waals surface area contributed by atoms with Crippen molar-refractivity contribution < 1.29 is 12.8 Å². The minimum atomic E-state index is -3.91. The maximum absolute atomic E-state index is 13.7. The second-order valence-electron chi connectivity index (χ2n) is 4.20. The summed E-state index contributed by atoms with van der Waals surface area (Å²) in [5, 5.41) is -0.0994. The average Bonchev–Trinajstić information content (AvgIpc) is 2.77. The van der Waals surface area contributed by atoms with Crippen molar-refractivity contribution in [1.29, 1.82) is 0 Å². The summed E-state index contributed by atoms with van der Waals surface area (Å²) < 4.78 is 39.7. The van der Waals surface area contributed by atoms with E-state index in [1.54, 1.807) is 0 Å². The SMILES string of the molecule is Cl.NCC1CCCN1S(=O)(=O)c1c(F)cccc1Cl. The molecule has 1 aliphatic heterocycles. The molecule has 1 atom stereocenters. The van der Waals surface area contributed by atoms with E-state index in [-0.39, 0.29) is 30.0 Å². The Morgan fingerprint density at radius 3 is 2.74 bits per heavy atom. The molecule has 1 aromatic rings. The Balaban J connectivity index is 0.00000180. The summed E-state index contributed by atoms with van der Waals surface area (Å²) >= 11 is 5.81. The standard InChI is InChI=1S/C11H14ClFN2O2S.ClH/c12-9-4-1-5-10(13)11(9)18(16,17)15-6-2-3-8(15)7-14;/h1,4-5,8H,2-3,6-7,14H2;1H. The van der Waals surface area contributed by atoms with E-state index in [0.29, 0.717) is 13.0 Å². The molecule has 0 aromatic heterocycles. The zero-order chi connectivity index (χ0) is 13.3. The molecule has 1 fully saturated rings. The van der Waals surface area contributed by atoms with Crippen molar-refractivity contribution in [3.63, 3.8) is 0 Å². The highest BCUT2D eigenvalue weighted by atomic mass is 35.5. The van der Waals surface area contributed by atoms with Gasteiger partial charge in [-0.2, -0.15) is 4.31 Å². The van der Waals surface area contributed by atoms with Gasteiger partial charge in [-0.15, -0.1) is 12.4 Å². The highest BCUT2D eigenvalue weighted by Gasteiger charge is 2.37. The Bertz CT molecular complexity index is 533. The first-order valence-corrected chi connectivity index (χ1v) is 7.46. The fourth-order valence-electron chi connectivity index (χ4n) is 2.21. The summed E-state index contributed by atoms with van der Waals surface area (Å²) in [4.78, 5) is -0.452. The second kappa shape index (κ2) is 6.37. The minimum absolute atomic E-state index is 0. The normalized spacial score (nSPS) is 20.3. The summed E-state index contributed by atoms with van der Waals surface area (Å²) in [5.74, 6) is -0.829. The Morgan fingerprint density at radius 1 is 1.47 bits per heavy atom. The molecule has 1 aromatic carbocycles. The molecule has 19 heavy (non-hydrogen) atoms. The first-order chi connectivity index (χ1) is 8.48. The summed E-state index contributed by atoms with van der Waals surface area (Å²) in [6.07, 6.45) is 1.43. The van der Waals surface area contributed by atoms with E-state index in [4.69, 9.17) is 17.3 Å². The summed E-state index contributed by atoms with van der Waals surface area (Å²) in [6, 6.07) is 3.56. The molecular formula is C11H15Cl2FN2O2S. The van der Waals surface area contributed by atoms with Gasteiger partial charge < -0.3 is 5.73 Å². The number of rotatable bonds is 3. The number of nitrogens with zero attached hydrogens (tertiary/aromatic N) is 1. The van der Waals surface area contributed by atoms with E-state index in [2.05, 4.69) is 0 Å². The molecule has 0 amide bonds. The van der Waals surface area contributed by atoms with Gasteiger partial charge in [0.2, 0.25) is 10.0 Å². The lowest BCUT2D eigenvalue weighted by molar-refractivity contribution is 0.390. The van der Waals surface area contributed by atoms with Crippen LogP contribution in [-0.2, 0) is 10.0 Å². The highest BCUT2D eigenvalue weighted by Crippen LogP contribution is 2.31. The van der Waals surface area contributed by atoms with Crippen molar-refractivity contribution in [2.45, 2.75) is 23.8 Å². The first kappa shape index (κ1) is 16.7. The van der Waals surface area contributed by atoms with Gasteiger partial charge in [-0.3, -0.25) is 0 Å². The number of benzene rings is 1. The Kier molecular flexibility index (Phi) is 5.58. The molecule has 0 aliphatic carbocycles. The predicted molar refractivity (Wildman–Crippen MR) is 74.6 cm³/mol. The molecule has 0 spiro atoms. The quantitative estimate of drug-likeness (QED) is 0.923. The lowest BCUT2D eigenvalue weighted by Crippen LogP contribution is -2.40. The van der Waals surface area contributed by atoms with E-state index < -0.39 is 20.7 Å². The molecule has 1 aliphatic rings. The van der Waals surface area contributed by atoms with Crippen LogP contribution in [0.5, 0.6) is 0 Å². The average molecular weight is 329 g/mol. The molecule has 0 bridgehead atoms. The van der Waals surface area contributed by atoms with Crippen LogP contribution in [0.25, 0.3) is 0 Å². The van der Waals surface area contributed by atoms with Crippen molar-refractivity contribution in [3.05, 3.63) is 29.0 Å². The Hall–Kier alpha value is -0.400. The molecule has 1 unspecified atom stereocenters.